The van der Waals surface area contributed by atoms with Crippen LogP contribution >= 0.6 is 0 Å². The molecule has 0 bridgehead atoms. The van der Waals surface area contributed by atoms with Crippen LogP contribution in [0.25, 0.3) is 0 Å². The fourth-order valence-electron chi connectivity index (χ4n) is 2.87. The number of hydrogen-bond acceptors (Lipinski definition) is 3. The van der Waals surface area contributed by atoms with E-state index < -0.39 is 5.60 Å². The van der Waals surface area contributed by atoms with Gasteiger partial charge in [0.2, 0.25) is 11.8 Å². The minimum absolute atomic E-state index is 0.0307. The summed E-state index contributed by atoms with van der Waals surface area (Å²) in [5.41, 5.74) is 0.608. The summed E-state index contributed by atoms with van der Waals surface area (Å²) in [6.07, 6.45) is 3.59. The predicted octanol–water partition coefficient (Wildman–Crippen LogP) is 2.12. The normalized spacial score (nSPS) is 20.9. The first-order valence-corrected chi connectivity index (χ1v) is 7.99. The van der Waals surface area contributed by atoms with Crippen LogP contribution in [0.4, 0.5) is 5.69 Å². The number of nitrogens with zero attached hydrogens (tertiary/aromatic N) is 1. The van der Waals surface area contributed by atoms with Crippen molar-refractivity contribution in [2.75, 3.05) is 18.4 Å². The molecule has 1 heterocycles. The number of likely N-dealkylation sites (tertiary alicyclic amines) is 1. The lowest BCUT2D eigenvalue weighted by atomic mass is 9.90. The van der Waals surface area contributed by atoms with Gasteiger partial charge in [0.15, 0.2) is 0 Å². The number of piperidine rings is 1. The molecule has 23 heavy (non-hydrogen) atoms. The minimum Gasteiger partial charge on any atom is -0.388 e. The van der Waals surface area contributed by atoms with E-state index in [-0.39, 0.29) is 18.2 Å². The Morgan fingerprint density at radius 1 is 1.43 bits per heavy atom. The highest BCUT2D eigenvalue weighted by atomic mass is 16.3. The van der Waals surface area contributed by atoms with Crippen molar-refractivity contribution < 1.29 is 14.7 Å². The van der Waals surface area contributed by atoms with Gasteiger partial charge >= 0.3 is 0 Å². The van der Waals surface area contributed by atoms with Gasteiger partial charge < -0.3 is 15.3 Å². The molecule has 1 fully saturated rings. The third-order valence-corrected chi connectivity index (χ3v) is 4.37. The van der Waals surface area contributed by atoms with E-state index in [0.29, 0.717) is 25.2 Å². The summed E-state index contributed by atoms with van der Waals surface area (Å²) >= 11 is 0. The van der Waals surface area contributed by atoms with E-state index in [1.54, 1.807) is 11.0 Å². The molecule has 0 aromatic heterocycles. The summed E-state index contributed by atoms with van der Waals surface area (Å²) in [6, 6.07) is 7.24. The number of β-amino-alcohol motifs (C(OH)–C–C–N with tert-alkyl or cyclic N) is 1. The maximum Gasteiger partial charge on any atom is 0.247 e. The lowest BCUT2D eigenvalue weighted by Gasteiger charge is -2.38. The number of benzene rings is 1. The Bertz CT molecular complexity index is 600. The fraction of sp³-hybridized carbons (Fsp3) is 0.444. The molecule has 0 saturated carbocycles. The summed E-state index contributed by atoms with van der Waals surface area (Å²) in [4.78, 5) is 25.8. The first-order valence-electron chi connectivity index (χ1n) is 7.99. The first-order chi connectivity index (χ1) is 11.0. The van der Waals surface area contributed by atoms with Gasteiger partial charge in [-0.3, -0.25) is 9.59 Å². The van der Waals surface area contributed by atoms with Crippen LogP contribution in [0, 0.1) is 0 Å². The molecular weight excluding hydrogens is 292 g/mol. The Morgan fingerprint density at radius 2 is 2.17 bits per heavy atom. The van der Waals surface area contributed by atoms with Crippen molar-refractivity contribution in [3.05, 3.63) is 42.5 Å². The van der Waals surface area contributed by atoms with E-state index in [2.05, 4.69) is 11.9 Å². The van der Waals surface area contributed by atoms with E-state index in [4.69, 9.17) is 0 Å². The van der Waals surface area contributed by atoms with Gasteiger partial charge in [-0.25, -0.2) is 0 Å². The number of amides is 2. The number of rotatable bonds is 5. The number of aliphatic hydroxyl groups is 1. The zero-order chi connectivity index (χ0) is 16.9. The molecule has 1 aromatic carbocycles. The highest BCUT2D eigenvalue weighted by Gasteiger charge is 2.33. The first kappa shape index (κ1) is 17.2. The van der Waals surface area contributed by atoms with Gasteiger partial charge in [-0.15, -0.1) is 0 Å². The van der Waals surface area contributed by atoms with E-state index in [0.717, 1.165) is 18.4 Å². The number of nitrogens with one attached hydrogen (secondary N) is 1. The molecule has 0 spiro atoms. The van der Waals surface area contributed by atoms with Crippen molar-refractivity contribution >= 4 is 17.5 Å². The Labute approximate surface area is 137 Å². The Kier molecular flexibility index (Phi) is 5.55. The summed E-state index contributed by atoms with van der Waals surface area (Å²) in [5, 5.41) is 13.1. The van der Waals surface area contributed by atoms with Gasteiger partial charge in [-0.2, -0.15) is 0 Å². The van der Waals surface area contributed by atoms with Crippen LogP contribution in [0.15, 0.2) is 36.9 Å². The molecular formula is C18H24N2O3. The largest absolute Gasteiger partial charge is 0.388 e. The molecule has 2 N–H and O–H groups in total. The van der Waals surface area contributed by atoms with Crippen LogP contribution in [0.1, 0.15) is 31.7 Å². The quantitative estimate of drug-likeness (QED) is 0.818. The molecule has 0 radical (unpaired) electrons. The van der Waals surface area contributed by atoms with Crippen LogP contribution in [0.2, 0.25) is 0 Å². The van der Waals surface area contributed by atoms with E-state index >= 15 is 0 Å². The molecule has 1 atom stereocenters. The topological polar surface area (TPSA) is 69.6 Å². The molecule has 1 saturated heterocycles. The van der Waals surface area contributed by atoms with Crippen molar-refractivity contribution in [2.24, 2.45) is 0 Å². The van der Waals surface area contributed by atoms with E-state index in [9.17, 15) is 14.7 Å². The second kappa shape index (κ2) is 7.42. The third kappa shape index (κ3) is 4.42. The highest BCUT2D eigenvalue weighted by Crippen LogP contribution is 2.25. The van der Waals surface area contributed by atoms with Gasteiger partial charge in [0.1, 0.15) is 0 Å². The number of hydrogen-bond donors (Lipinski definition) is 2. The summed E-state index contributed by atoms with van der Waals surface area (Å²) in [5.74, 6) is -0.333. The van der Waals surface area contributed by atoms with Crippen LogP contribution in [-0.2, 0) is 16.0 Å². The zero-order valence-electron chi connectivity index (χ0n) is 13.5. The van der Waals surface area contributed by atoms with Crippen LogP contribution < -0.4 is 5.32 Å². The highest BCUT2D eigenvalue weighted by molar-refractivity contribution is 5.99. The van der Waals surface area contributed by atoms with Crippen molar-refractivity contribution in [1.82, 2.24) is 4.90 Å². The maximum atomic E-state index is 12.6. The predicted molar refractivity (Wildman–Crippen MR) is 90.0 cm³/mol. The van der Waals surface area contributed by atoms with Gasteiger partial charge in [-0.1, -0.05) is 31.7 Å². The number of anilines is 1. The lowest BCUT2D eigenvalue weighted by Crippen LogP contribution is -2.50. The molecule has 2 rings (SSSR count). The van der Waals surface area contributed by atoms with Gasteiger partial charge in [0.25, 0.3) is 0 Å². The average Bonchev–Trinajstić information content (AvgIpc) is 2.56. The SMILES string of the molecule is C=CC(=O)Nc1ccccc1CC(=O)N1CCCC(O)(CC)C1. The standard InChI is InChI=1S/C18H24N2O3/c1-3-16(21)19-15-9-6-5-8-14(15)12-17(22)20-11-7-10-18(23,4-2)13-20/h3,5-6,8-9,23H,1,4,7,10-13H2,2H3,(H,19,21). The third-order valence-electron chi connectivity index (χ3n) is 4.37. The smallest absolute Gasteiger partial charge is 0.247 e. The van der Waals surface area contributed by atoms with E-state index in [1.165, 1.54) is 6.08 Å². The summed E-state index contributed by atoms with van der Waals surface area (Å²) < 4.78 is 0. The molecule has 1 unspecified atom stereocenters. The number of carbonyl (C=O) groups is 2. The molecule has 5 heteroatoms. The number of para-hydroxylation sites is 1. The second-order valence-corrected chi connectivity index (χ2v) is 6.02. The fourth-order valence-corrected chi connectivity index (χ4v) is 2.87. The Morgan fingerprint density at radius 3 is 2.87 bits per heavy atom. The number of carbonyl (C=O) groups excluding carboxylic acids is 2. The van der Waals surface area contributed by atoms with E-state index in [1.807, 2.05) is 25.1 Å². The molecule has 5 nitrogen and oxygen atoms in total. The van der Waals surface area contributed by atoms with Crippen molar-refractivity contribution in [2.45, 2.75) is 38.2 Å². The molecule has 1 aliphatic heterocycles. The van der Waals surface area contributed by atoms with Gasteiger partial charge in [0, 0.05) is 18.8 Å². The van der Waals surface area contributed by atoms with Crippen molar-refractivity contribution in [1.29, 1.82) is 0 Å². The average molecular weight is 316 g/mol. The monoisotopic (exact) mass is 316 g/mol. The summed E-state index contributed by atoms with van der Waals surface area (Å²) in [6.45, 7) is 6.42. The van der Waals surface area contributed by atoms with Crippen molar-refractivity contribution in [3.8, 4) is 0 Å². The molecule has 0 aliphatic carbocycles. The molecule has 1 aromatic rings. The molecule has 1 aliphatic rings. The zero-order valence-corrected chi connectivity index (χ0v) is 13.5. The van der Waals surface area contributed by atoms with Gasteiger partial charge in [0.05, 0.1) is 12.0 Å². The van der Waals surface area contributed by atoms with Crippen LogP contribution in [0.3, 0.4) is 0 Å². The second-order valence-electron chi connectivity index (χ2n) is 6.02. The molecule has 124 valence electrons. The Hall–Kier alpha value is -2.14. The van der Waals surface area contributed by atoms with Gasteiger partial charge in [-0.05, 0) is 37.0 Å². The minimum atomic E-state index is -0.773. The van der Waals surface area contributed by atoms with Crippen molar-refractivity contribution in [3.63, 3.8) is 0 Å². The van der Waals surface area contributed by atoms with Crippen LogP contribution in [-0.4, -0.2) is 40.5 Å². The van der Waals surface area contributed by atoms with Crippen LogP contribution in [0.5, 0.6) is 0 Å². The molecule has 2 amide bonds. The Balaban J connectivity index is 2.08. The summed E-state index contributed by atoms with van der Waals surface area (Å²) in [7, 11) is 0. The lowest BCUT2D eigenvalue weighted by molar-refractivity contribution is -0.137. The maximum absolute atomic E-state index is 12.6.